The van der Waals surface area contributed by atoms with E-state index in [4.69, 9.17) is 5.73 Å². The number of hydrogen-bond acceptors (Lipinski definition) is 3. The van der Waals surface area contributed by atoms with Crippen molar-refractivity contribution in [3.8, 4) is 0 Å². The summed E-state index contributed by atoms with van der Waals surface area (Å²) in [7, 11) is 0. The highest BCUT2D eigenvalue weighted by Crippen LogP contribution is 2.30. The highest BCUT2D eigenvalue weighted by atomic mass is 16.2. The summed E-state index contributed by atoms with van der Waals surface area (Å²) >= 11 is 0. The Morgan fingerprint density at radius 1 is 1.33 bits per heavy atom. The molecule has 2 fully saturated rings. The van der Waals surface area contributed by atoms with Crippen LogP contribution in [-0.4, -0.2) is 41.4 Å². The van der Waals surface area contributed by atoms with Crippen molar-refractivity contribution in [2.24, 2.45) is 5.73 Å². The molecule has 1 aliphatic heterocycles. The van der Waals surface area contributed by atoms with Gasteiger partial charge in [0.25, 0.3) is 0 Å². The molecule has 0 aromatic heterocycles. The first-order valence-corrected chi connectivity index (χ1v) is 7.53. The van der Waals surface area contributed by atoms with E-state index in [2.05, 4.69) is 5.32 Å². The molecule has 2 amide bonds. The Morgan fingerprint density at radius 2 is 2.05 bits per heavy atom. The van der Waals surface area contributed by atoms with Gasteiger partial charge in [0.2, 0.25) is 11.8 Å². The second-order valence-corrected chi connectivity index (χ2v) is 5.98. The number of nitrogens with two attached hydrogens (primary N) is 1. The SMILES string of the molecule is N[C@@H](Cc1ccccc1)C(=O)NC1CC(=O)N(C2CC2)C1. The van der Waals surface area contributed by atoms with Gasteiger partial charge in [-0.25, -0.2) is 0 Å². The van der Waals surface area contributed by atoms with E-state index in [1.165, 1.54) is 0 Å². The maximum absolute atomic E-state index is 12.1. The van der Waals surface area contributed by atoms with E-state index in [0.717, 1.165) is 18.4 Å². The van der Waals surface area contributed by atoms with Crippen molar-refractivity contribution in [1.29, 1.82) is 0 Å². The third-order valence-corrected chi connectivity index (χ3v) is 4.13. The fraction of sp³-hybridized carbons (Fsp3) is 0.500. The molecular weight excluding hydrogens is 266 g/mol. The molecule has 5 heteroatoms. The van der Waals surface area contributed by atoms with E-state index >= 15 is 0 Å². The Bertz CT molecular complexity index is 528. The molecule has 1 saturated heterocycles. The second kappa shape index (κ2) is 5.85. The van der Waals surface area contributed by atoms with Gasteiger partial charge in [-0.3, -0.25) is 9.59 Å². The number of nitrogens with one attached hydrogen (secondary N) is 1. The fourth-order valence-electron chi connectivity index (χ4n) is 2.84. The van der Waals surface area contributed by atoms with Crippen LogP contribution in [0.2, 0.25) is 0 Å². The van der Waals surface area contributed by atoms with Crippen molar-refractivity contribution in [3.05, 3.63) is 35.9 Å². The monoisotopic (exact) mass is 287 g/mol. The molecule has 3 rings (SSSR count). The highest BCUT2D eigenvalue weighted by molar-refractivity contribution is 5.85. The smallest absolute Gasteiger partial charge is 0.237 e. The van der Waals surface area contributed by atoms with Gasteiger partial charge in [-0.1, -0.05) is 30.3 Å². The number of rotatable bonds is 5. The minimum Gasteiger partial charge on any atom is -0.350 e. The zero-order chi connectivity index (χ0) is 14.8. The molecular formula is C16H21N3O2. The summed E-state index contributed by atoms with van der Waals surface area (Å²) in [6, 6.07) is 9.47. The summed E-state index contributed by atoms with van der Waals surface area (Å²) < 4.78 is 0. The zero-order valence-electron chi connectivity index (χ0n) is 12.0. The Hall–Kier alpha value is -1.88. The molecule has 1 heterocycles. The molecule has 1 aliphatic carbocycles. The molecule has 2 atom stereocenters. The zero-order valence-corrected chi connectivity index (χ0v) is 12.0. The van der Waals surface area contributed by atoms with Gasteiger partial charge in [-0.05, 0) is 24.8 Å². The maximum atomic E-state index is 12.1. The van der Waals surface area contributed by atoms with Crippen LogP contribution >= 0.6 is 0 Å². The van der Waals surface area contributed by atoms with Gasteiger partial charge >= 0.3 is 0 Å². The molecule has 0 bridgehead atoms. The average molecular weight is 287 g/mol. The Kier molecular flexibility index (Phi) is 3.92. The molecule has 2 aliphatic rings. The normalized spacial score (nSPS) is 23.2. The molecule has 5 nitrogen and oxygen atoms in total. The third kappa shape index (κ3) is 3.42. The van der Waals surface area contributed by atoms with Crippen LogP contribution in [0.15, 0.2) is 30.3 Å². The number of hydrogen-bond donors (Lipinski definition) is 2. The van der Waals surface area contributed by atoms with Crippen LogP contribution in [0.4, 0.5) is 0 Å². The summed E-state index contributed by atoms with van der Waals surface area (Å²) in [5.74, 6) is -0.0197. The lowest BCUT2D eigenvalue weighted by Crippen LogP contribution is -2.47. The van der Waals surface area contributed by atoms with Crippen molar-refractivity contribution in [1.82, 2.24) is 10.2 Å². The van der Waals surface area contributed by atoms with Gasteiger partial charge < -0.3 is 16.0 Å². The van der Waals surface area contributed by atoms with Gasteiger partial charge in [0.05, 0.1) is 12.1 Å². The third-order valence-electron chi connectivity index (χ3n) is 4.13. The number of amides is 2. The summed E-state index contributed by atoms with van der Waals surface area (Å²) in [4.78, 5) is 25.9. The fourth-order valence-corrected chi connectivity index (χ4v) is 2.84. The van der Waals surface area contributed by atoms with Gasteiger partial charge in [0.15, 0.2) is 0 Å². The Balaban J connectivity index is 1.50. The van der Waals surface area contributed by atoms with Gasteiger partial charge in [-0.2, -0.15) is 0 Å². The van der Waals surface area contributed by atoms with Crippen molar-refractivity contribution in [2.75, 3.05) is 6.54 Å². The van der Waals surface area contributed by atoms with E-state index in [1.807, 2.05) is 35.2 Å². The van der Waals surface area contributed by atoms with Crippen molar-refractivity contribution in [3.63, 3.8) is 0 Å². The number of likely N-dealkylation sites (tertiary alicyclic amines) is 1. The van der Waals surface area contributed by atoms with Crippen LogP contribution < -0.4 is 11.1 Å². The van der Waals surface area contributed by atoms with Gasteiger partial charge in [-0.15, -0.1) is 0 Å². The number of carbonyl (C=O) groups excluding carboxylic acids is 2. The summed E-state index contributed by atoms with van der Waals surface area (Å²) in [5, 5.41) is 2.92. The van der Waals surface area contributed by atoms with Crippen LogP contribution in [-0.2, 0) is 16.0 Å². The van der Waals surface area contributed by atoms with Crippen LogP contribution in [0.25, 0.3) is 0 Å². The van der Waals surface area contributed by atoms with E-state index in [1.54, 1.807) is 0 Å². The lowest BCUT2D eigenvalue weighted by molar-refractivity contribution is -0.128. The molecule has 1 aromatic carbocycles. The first-order valence-electron chi connectivity index (χ1n) is 7.53. The molecule has 112 valence electrons. The Morgan fingerprint density at radius 3 is 2.71 bits per heavy atom. The predicted molar refractivity (Wildman–Crippen MR) is 79.4 cm³/mol. The number of nitrogens with zero attached hydrogens (tertiary/aromatic N) is 1. The number of benzene rings is 1. The standard InChI is InChI=1S/C16H21N3O2/c17-14(8-11-4-2-1-3-5-11)16(21)18-12-9-15(20)19(10-12)13-6-7-13/h1-5,12-14H,6-10,17H2,(H,18,21)/t12?,14-/m0/s1. The van der Waals surface area contributed by atoms with Crippen LogP contribution in [0, 0.1) is 0 Å². The van der Waals surface area contributed by atoms with Gasteiger partial charge in [0, 0.05) is 19.0 Å². The second-order valence-electron chi connectivity index (χ2n) is 5.98. The maximum Gasteiger partial charge on any atom is 0.237 e. The first kappa shape index (κ1) is 14.1. The van der Waals surface area contributed by atoms with E-state index in [9.17, 15) is 9.59 Å². The predicted octanol–water partition coefficient (Wildman–Crippen LogP) is 0.436. The lowest BCUT2D eigenvalue weighted by atomic mass is 10.1. The molecule has 1 unspecified atom stereocenters. The first-order chi connectivity index (χ1) is 10.1. The number of carbonyl (C=O) groups is 2. The van der Waals surface area contributed by atoms with E-state index in [0.29, 0.717) is 25.4 Å². The van der Waals surface area contributed by atoms with Crippen LogP contribution in [0.1, 0.15) is 24.8 Å². The van der Waals surface area contributed by atoms with E-state index in [-0.39, 0.29) is 17.9 Å². The molecule has 1 aromatic rings. The quantitative estimate of drug-likeness (QED) is 0.825. The van der Waals surface area contributed by atoms with Crippen LogP contribution in [0.5, 0.6) is 0 Å². The van der Waals surface area contributed by atoms with Crippen LogP contribution in [0.3, 0.4) is 0 Å². The minimum atomic E-state index is -0.572. The minimum absolute atomic E-state index is 0.0903. The average Bonchev–Trinajstić information content (AvgIpc) is 3.24. The van der Waals surface area contributed by atoms with Crippen molar-refractivity contribution >= 4 is 11.8 Å². The lowest BCUT2D eigenvalue weighted by Gasteiger charge is -2.18. The molecule has 3 N–H and O–H groups in total. The molecule has 0 radical (unpaired) electrons. The highest BCUT2D eigenvalue weighted by Gasteiger charge is 2.39. The Labute approximate surface area is 124 Å². The van der Waals surface area contributed by atoms with Crippen molar-refractivity contribution in [2.45, 2.75) is 43.8 Å². The molecule has 0 spiro atoms. The topological polar surface area (TPSA) is 75.4 Å². The molecule has 1 saturated carbocycles. The van der Waals surface area contributed by atoms with E-state index < -0.39 is 6.04 Å². The summed E-state index contributed by atoms with van der Waals surface area (Å²) in [6.07, 6.45) is 3.11. The summed E-state index contributed by atoms with van der Waals surface area (Å²) in [6.45, 7) is 0.632. The largest absolute Gasteiger partial charge is 0.350 e. The van der Waals surface area contributed by atoms with Gasteiger partial charge in [0.1, 0.15) is 0 Å². The van der Waals surface area contributed by atoms with Crippen molar-refractivity contribution < 1.29 is 9.59 Å². The molecule has 21 heavy (non-hydrogen) atoms. The summed E-state index contributed by atoms with van der Waals surface area (Å²) in [5.41, 5.74) is 7.00.